The topological polar surface area (TPSA) is 168 Å². The lowest BCUT2D eigenvalue weighted by Crippen LogP contribution is -2.55. The number of nitrogens with two attached hydrogens (primary N) is 1. The van der Waals surface area contributed by atoms with E-state index in [9.17, 15) is 28.8 Å². The summed E-state index contributed by atoms with van der Waals surface area (Å²) in [6.45, 7) is 15.7. The maximum Gasteiger partial charge on any atom is 0.312 e. The highest BCUT2D eigenvalue weighted by molar-refractivity contribution is 6.03. The number of rotatable bonds is 17. The number of urea groups is 1. The first-order valence-electron chi connectivity index (χ1n) is 14.9. The van der Waals surface area contributed by atoms with Gasteiger partial charge in [-0.1, -0.05) is 61.8 Å². The molecule has 1 rings (SSSR count). The van der Waals surface area contributed by atoms with E-state index in [1.165, 1.54) is 4.90 Å². The zero-order chi connectivity index (χ0) is 31.5. The molecule has 1 fully saturated rings. The van der Waals surface area contributed by atoms with Gasteiger partial charge in [-0.05, 0) is 43.4 Å². The lowest BCUT2D eigenvalue weighted by molar-refractivity contribution is -0.140. The number of Topliss-reactive ketones (excluding diaryl/α,β-unsaturated/α-hetero) is 1. The smallest absolute Gasteiger partial charge is 0.312 e. The number of amides is 6. The normalized spacial score (nSPS) is 17.4. The van der Waals surface area contributed by atoms with E-state index >= 15 is 0 Å². The summed E-state index contributed by atoms with van der Waals surface area (Å²) >= 11 is 0. The lowest BCUT2D eigenvalue weighted by atomic mass is 9.80. The number of imide groups is 1. The highest BCUT2D eigenvalue weighted by atomic mass is 16.2. The second-order valence-electron chi connectivity index (χ2n) is 13.2. The van der Waals surface area contributed by atoms with Gasteiger partial charge in [-0.3, -0.25) is 28.9 Å². The molecule has 1 saturated heterocycles. The molecule has 11 nitrogen and oxygen atoms in total. The van der Waals surface area contributed by atoms with Crippen molar-refractivity contribution in [2.45, 2.75) is 119 Å². The fourth-order valence-corrected chi connectivity index (χ4v) is 4.80. The molecule has 1 unspecified atom stereocenters. The van der Waals surface area contributed by atoms with Crippen molar-refractivity contribution in [1.82, 2.24) is 20.9 Å². The molecule has 0 saturated carbocycles. The van der Waals surface area contributed by atoms with E-state index in [0.717, 1.165) is 0 Å². The number of hydrogen-bond acceptors (Lipinski definition) is 6. The second kappa shape index (κ2) is 15.9. The monoisotopic (exact) mass is 579 g/mol. The molecule has 3 atom stereocenters. The molecule has 0 aromatic rings. The van der Waals surface area contributed by atoms with Crippen LogP contribution in [0.25, 0.3) is 0 Å². The van der Waals surface area contributed by atoms with Gasteiger partial charge in [0.1, 0.15) is 6.04 Å². The summed E-state index contributed by atoms with van der Waals surface area (Å²) in [7, 11) is 0. The molecule has 0 bridgehead atoms. The summed E-state index contributed by atoms with van der Waals surface area (Å²) in [5.74, 6) is -1.58. The molecule has 0 aromatic heterocycles. The van der Waals surface area contributed by atoms with Gasteiger partial charge in [-0.2, -0.15) is 0 Å². The van der Waals surface area contributed by atoms with Crippen LogP contribution in [-0.2, 0) is 24.0 Å². The van der Waals surface area contributed by atoms with Crippen LogP contribution in [-0.4, -0.2) is 65.5 Å². The predicted octanol–water partition coefficient (Wildman–Crippen LogP) is 3.05. The summed E-state index contributed by atoms with van der Waals surface area (Å²) in [6, 6.07) is -2.24. The maximum absolute atomic E-state index is 13.2. The van der Waals surface area contributed by atoms with Crippen molar-refractivity contribution in [2.24, 2.45) is 28.4 Å². The van der Waals surface area contributed by atoms with E-state index in [-0.39, 0.29) is 60.1 Å². The van der Waals surface area contributed by atoms with Crippen molar-refractivity contribution in [3.05, 3.63) is 0 Å². The van der Waals surface area contributed by atoms with Gasteiger partial charge in [-0.25, -0.2) is 4.79 Å². The standard InChI is InChI=1S/C30H53N5O6/c1-9-30(7,8)25(38)21(14-13-16-32-28(31)41)33-26(39)24(19(2)3)34-22(36)15-11-10-12-17-35-23(37)18-20(27(35)40)29(4,5)6/h19-21,24H,9-18H2,1-8H3,(H,33,39)(H,34,36)(H3,31,32,41)/t20?,21-,24-/m0/s1. The van der Waals surface area contributed by atoms with Gasteiger partial charge >= 0.3 is 6.03 Å². The van der Waals surface area contributed by atoms with Crippen molar-refractivity contribution in [3.63, 3.8) is 0 Å². The van der Waals surface area contributed by atoms with Crippen LogP contribution < -0.4 is 21.7 Å². The molecular formula is C30H53N5O6. The molecule has 0 aliphatic carbocycles. The largest absolute Gasteiger partial charge is 0.352 e. The Hall–Kier alpha value is -2.98. The number of likely N-dealkylation sites (tertiary alicyclic amines) is 1. The fraction of sp³-hybridized carbons (Fsp3) is 0.800. The van der Waals surface area contributed by atoms with E-state index < -0.39 is 29.4 Å². The van der Waals surface area contributed by atoms with Crippen LogP contribution in [0.2, 0.25) is 0 Å². The van der Waals surface area contributed by atoms with Crippen LogP contribution in [0.5, 0.6) is 0 Å². The van der Waals surface area contributed by atoms with E-state index in [1.54, 1.807) is 0 Å². The number of carbonyl (C=O) groups is 6. The Bertz CT molecular complexity index is 956. The number of hydrogen-bond donors (Lipinski definition) is 4. The van der Waals surface area contributed by atoms with E-state index in [1.807, 2.05) is 55.4 Å². The minimum Gasteiger partial charge on any atom is -0.352 e. The van der Waals surface area contributed by atoms with Crippen LogP contribution in [0, 0.1) is 22.7 Å². The third kappa shape index (κ3) is 11.4. The summed E-state index contributed by atoms with van der Waals surface area (Å²) in [6.07, 6.45) is 3.63. The molecule has 1 aliphatic rings. The van der Waals surface area contributed by atoms with E-state index in [4.69, 9.17) is 5.73 Å². The Morgan fingerprint density at radius 2 is 1.61 bits per heavy atom. The molecule has 0 radical (unpaired) electrons. The molecule has 41 heavy (non-hydrogen) atoms. The summed E-state index contributed by atoms with van der Waals surface area (Å²) < 4.78 is 0. The average molecular weight is 580 g/mol. The first-order valence-corrected chi connectivity index (χ1v) is 14.9. The van der Waals surface area contributed by atoms with Crippen molar-refractivity contribution >= 4 is 35.4 Å². The molecular weight excluding hydrogens is 526 g/mol. The molecule has 0 spiro atoms. The number of nitrogens with zero attached hydrogens (tertiary/aromatic N) is 1. The van der Waals surface area contributed by atoms with Crippen LogP contribution in [0.3, 0.4) is 0 Å². The number of nitrogens with one attached hydrogen (secondary N) is 3. The molecule has 1 aliphatic heterocycles. The van der Waals surface area contributed by atoms with Gasteiger partial charge in [0.25, 0.3) is 0 Å². The van der Waals surface area contributed by atoms with E-state index in [0.29, 0.717) is 45.1 Å². The number of carbonyl (C=O) groups excluding carboxylic acids is 6. The Labute approximate surface area is 245 Å². The van der Waals surface area contributed by atoms with Gasteiger partial charge in [0.15, 0.2) is 5.78 Å². The average Bonchev–Trinajstić information content (AvgIpc) is 3.16. The van der Waals surface area contributed by atoms with Crippen molar-refractivity contribution in [3.8, 4) is 0 Å². The van der Waals surface area contributed by atoms with Crippen LogP contribution in [0.4, 0.5) is 4.79 Å². The Balaban J connectivity index is 2.65. The highest BCUT2D eigenvalue weighted by Crippen LogP contribution is 2.35. The Morgan fingerprint density at radius 3 is 2.12 bits per heavy atom. The van der Waals surface area contributed by atoms with Crippen molar-refractivity contribution in [1.29, 1.82) is 0 Å². The number of primary amides is 1. The summed E-state index contributed by atoms with van der Waals surface area (Å²) in [5, 5.41) is 8.15. The maximum atomic E-state index is 13.2. The Kier molecular flexibility index (Phi) is 13.9. The lowest BCUT2D eigenvalue weighted by Gasteiger charge is -2.30. The zero-order valence-electron chi connectivity index (χ0n) is 26.4. The second-order valence-corrected chi connectivity index (χ2v) is 13.2. The molecule has 5 N–H and O–H groups in total. The third-order valence-corrected chi connectivity index (χ3v) is 7.99. The minimum absolute atomic E-state index is 0.106. The van der Waals surface area contributed by atoms with E-state index in [2.05, 4.69) is 16.0 Å². The highest BCUT2D eigenvalue weighted by Gasteiger charge is 2.44. The molecule has 1 heterocycles. The van der Waals surface area contributed by atoms with Gasteiger partial charge in [0.2, 0.25) is 23.6 Å². The van der Waals surface area contributed by atoms with Gasteiger partial charge in [0, 0.05) is 31.3 Å². The number of ketones is 1. The predicted molar refractivity (Wildman–Crippen MR) is 157 cm³/mol. The Morgan fingerprint density at radius 1 is 0.976 bits per heavy atom. The van der Waals surface area contributed by atoms with Crippen molar-refractivity contribution in [2.75, 3.05) is 13.1 Å². The van der Waals surface area contributed by atoms with Gasteiger partial charge in [-0.15, -0.1) is 0 Å². The van der Waals surface area contributed by atoms with Crippen molar-refractivity contribution < 1.29 is 28.8 Å². The van der Waals surface area contributed by atoms with Gasteiger partial charge in [0.05, 0.1) is 12.0 Å². The van der Waals surface area contributed by atoms with Crippen LogP contribution >= 0.6 is 0 Å². The zero-order valence-corrected chi connectivity index (χ0v) is 26.4. The number of unbranched alkanes of at least 4 members (excludes halogenated alkanes) is 2. The SMILES string of the molecule is CCC(C)(C)C(=O)[C@H](CCCNC(N)=O)NC(=O)[C@@H](NC(=O)CCCCCN1C(=O)CC(C(C)(C)C)C1=O)C(C)C. The first-order chi connectivity index (χ1) is 18.9. The minimum atomic E-state index is -0.819. The molecule has 11 heteroatoms. The molecule has 234 valence electrons. The van der Waals surface area contributed by atoms with Gasteiger partial charge < -0.3 is 21.7 Å². The summed E-state index contributed by atoms with van der Waals surface area (Å²) in [5.41, 5.74) is 4.20. The molecule has 0 aromatic carbocycles. The van der Waals surface area contributed by atoms with Crippen LogP contribution in [0.15, 0.2) is 0 Å². The first kappa shape index (κ1) is 36.0. The van der Waals surface area contributed by atoms with Crippen LogP contribution in [0.1, 0.15) is 107 Å². The quantitative estimate of drug-likeness (QED) is 0.153. The summed E-state index contributed by atoms with van der Waals surface area (Å²) in [4.78, 5) is 76.4. The molecule has 6 amide bonds. The fourth-order valence-electron chi connectivity index (χ4n) is 4.80. The third-order valence-electron chi connectivity index (χ3n) is 7.99.